The van der Waals surface area contributed by atoms with Crippen LogP contribution in [-0.4, -0.2) is 34.3 Å². The quantitative estimate of drug-likeness (QED) is 0.772. The fraction of sp³-hybridized carbons (Fsp3) is 0.524. The summed E-state index contributed by atoms with van der Waals surface area (Å²) in [4.78, 5) is 37.3. The average molecular weight is 385 g/mol. The SMILES string of the molecule is CCCn1nc(C(=O)OCC(=O)N[C@H]2CCCC[C@@H]2C)c2ccccc2c1=O. The van der Waals surface area contributed by atoms with Gasteiger partial charge in [0.2, 0.25) is 0 Å². The summed E-state index contributed by atoms with van der Waals surface area (Å²) >= 11 is 0. The zero-order valence-corrected chi connectivity index (χ0v) is 16.4. The summed E-state index contributed by atoms with van der Waals surface area (Å²) in [5.74, 6) is -0.581. The van der Waals surface area contributed by atoms with Gasteiger partial charge in [-0.3, -0.25) is 9.59 Å². The highest BCUT2D eigenvalue weighted by atomic mass is 16.5. The van der Waals surface area contributed by atoms with E-state index in [1.807, 2.05) is 6.92 Å². The number of hydrogen-bond acceptors (Lipinski definition) is 5. The van der Waals surface area contributed by atoms with Crippen LogP contribution in [0.4, 0.5) is 0 Å². The van der Waals surface area contributed by atoms with Crippen molar-refractivity contribution in [2.75, 3.05) is 6.61 Å². The Hall–Kier alpha value is -2.70. The summed E-state index contributed by atoms with van der Waals surface area (Å²) in [5.41, 5.74) is -0.180. The minimum absolute atomic E-state index is 0.0579. The zero-order chi connectivity index (χ0) is 20.1. The predicted octanol–water partition coefficient (Wildman–Crippen LogP) is 2.66. The van der Waals surface area contributed by atoms with E-state index in [-0.39, 0.29) is 29.8 Å². The van der Waals surface area contributed by atoms with Gasteiger partial charge in [-0.2, -0.15) is 5.10 Å². The van der Waals surface area contributed by atoms with Crippen molar-refractivity contribution in [2.24, 2.45) is 5.92 Å². The minimum atomic E-state index is -0.701. The van der Waals surface area contributed by atoms with Gasteiger partial charge >= 0.3 is 5.97 Å². The number of nitrogens with one attached hydrogen (secondary N) is 1. The van der Waals surface area contributed by atoms with Gasteiger partial charge in [0.1, 0.15) is 0 Å². The molecule has 1 saturated carbocycles. The lowest BCUT2D eigenvalue weighted by Crippen LogP contribution is -2.43. The molecule has 1 aliphatic rings. The first kappa shape index (κ1) is 20.0. The van der Waals surface area contributed by atoms with Gasteiger partial charge in [-0.15, -0.1) is 0 Å². The van der Waals surface area contributed by atoms with Crippen LogP contribution in [-0.2, 0) is 16.1 Å². The van der Waals surface area contributed by atoms with E-state index in [0.29, 0.717) is 29.7 Å². The number of carbonyl (C=O) groups excluding carboxylic acids is 2. The Bertz CT molecular complexity index is 921. The standard InChI is InChI=1S/C21H27N3O4/c1-3-12-24-20(26)16-10-6-5-9-15(16)19(23-24)21(27)28-13-18(25)22-17-11-7-4-8-14(17)2/h5-6,9-10,14,17H,3-4,7-8,11-13H2,1-2H3,(H,22,25)/t14-,17-/m0/s1. The molecule has 1 aromatic carbocycles. The molecule has 1 aliphatic carbocycles. The zero-order valence-electron chi connectivity index (χ0n) is 16.4. The molecule has 0 radical (unpaired) electrons. The maximum absolute atomic E-state index is 12.6. The number of aromatic nitrogens is 2. The van der Waals surface area contributed by atoms with Gasteiger partial charge in [-0.05, 0) is 31.2 Å². The maximum Gasteiger partial charge on any atom is 0.359 e. The molecule has 2 aromatic rings. The summed E-state index contributed by atoms with van der Waals surface area (Å²) < 4.78 is 6.50. The third-order valence-corrected chi connectivity index (χ3v) is 5.29. The molecular formula is C21H27N3O4. The second-order valence-corrected chi connectivity index (χ2v) is 7.43. The second kappa shape index (κ2) is 8.99. The third-order valence-electron chi connectivity index (χ3n) is 5.29. The first-order valence-electron chi connectivity index (χ1n) is 9.97. The lowest BCUT2D eigenvalue weighted by molar-refractivity contribution is -0.125. The van der Waals surface area contributed by atoms with Crippen LogP contribution in [0.15, 0.2) is 29.1 Å². The highest BCUT2D eigenvalue weighted by molar-refractivity contribution is 6.02. The van der Waals surface area contributed by atoms with Crippen molar-refractivity contribution in [3.05, 3.63) is 40.3 Å². The van der Waals surface area contributed by atoms with Crippen LogP contribution in [0.25, 0.3) is 10.8 Å². The molecule has 0 bridgehead atoms. The molecule has 2 atom stereocenters. The summed E-state index contributed by atoms with van der Waals surface area (Å²) in [6.07, 6.45) is 5.05. The third kappa shape index (κ3) is 4.40. The number of esters is 1. The molecule has 1 fully saturated rings. The van der Waals surface area contributed by atoms with E-state index >= 15 is 0 Å². The number of fused-ring (bicyclic) bond motifs is 1. The van der Waals surface area contributed by atoms with E-state index in [2.05, 4.69) is 17.3 Å². The molecule has 1 amide bonds. The fourth-order valence-corrected chi connectivity index (χ4v) is 3.73. The molecule has 0 unspecified atom stereocenters. The van der Waals surface area contributed by atoms with E-state index in [1.54, 1.807) is 24.3 Å². The predicted molar refractivity (Wildman–Crippen MR) is 106 cm³/mol. The van der Waals surface area contributed by atoms with Crippen molar-refractivity contribution in [3.63, 3.8) is 0 Å². The molecule has 28 heavy (non-hydrogen) atoms. The number of amides is 1. The Labute approximate surface area is 164 Å². The van der Waals surface area contributed by atoms with E-state index < -0.39 is 5.97 Å². The molecular weight excluding hydrogens is 358 g/mol. The lowest BCUT2D eigenvalue weighted by atomic mass is 9.86. The first-order valence-corrected chi connectivity index (χ1v) is 9.97. The smallest absolute Gasteiger partial charge is 0.359 e. The van der Waals surface area contributed by atoms with Crippen molar-refractivity contribution in [3.8, 4) is 0 Å². The summed E-state index contributed by atoms with van der Waals surface area (Å²) in [5, 5.41) is 8.01. The van der Waals surface area contributed by atoms with Crippen LogP contribution < -0.4 is 10.9 Å². The lowest BCUT2D eigenvalue weighted by Gasteiger charge is -2.29. The van der Waals surface area contributed by atoms with Gasteiger partial charge in [0, 0.05) is 18.0 Å². The molecule has 0 aliphatic heterocycles. The normalized spacial score (nSPS) is 19.4. The van der Waals surface area contributed by atoms with E-state index in [9.17, 15) is 14.4 Å². The Morgan fingerprint density at radius 2 is 1.93 bits per heavy atom. The van der Waals surface area contributed by atoms with Gasteiger partial charge in [0.05, 0.1) is 5.39 Å². The molecule has 0 spiro atoms. The Balaban J connectivity index is 1.73. The van der Waals surface area contributed by atoms with E-state index in [4.69, 9.17) is 4.74 Å². The van der Waals surface area contributed by atoms with Crippen LogP contribution in [0.2, 0.25) is 0 Å². The topological polar surface area (TPSA) is 90.3 Å². The Morgan fingerprint density at radius 3 is 2.64 bits per heavy atom. The minimum Gasteiger partial charge on any atom is -0.451 e. The van der Waals surface area contributed by atoms with Gasteiger partial charge in [-0.1, -0.05) is 44.9 Å². The molecule has 150 valence electrons. The Kier molecular flexibility index (Phi) is 6.44. The maximum atomic E-state index is 12.6. The second-order valence-electron chi connectivity index (χ2n) is 7.43. The summed E-state index contributed by atoms with van der Waals surface area (Å²) in [7, 11) is 0. The summed E-state index contributed by atoms with van der Waals surface area (Å²) in [6.45, 7) is 4.11. The number of rotatable bonds is 6. The number of nitrogens with zero attached hydrogens (tertiary/aromatic N) is 2. The molecule has 7 heteroatoms. The summed E-state index contributed by atoms with van der Waals surface area (Å²) in [6, 6.07) is 6.94. The van der Waals surface area contributed by atoms with Crippen molar-refractivity contribution in [1.82, 2.24) is 15.1 Å². The van der Waals surface area contributed by atoms with E-state index in [0.717, 1.165) is 19.3 Å². The molecule has 7 nitrogen and oxygen atoms in total. The molecule has 1 N–H and O–H groups in total. The molecule has 0 saturated heterocycles. The van der Waals surface area contributed by atoms with Crippen molar-refractivity contribution < 1.29 is 14.3 Å². The van der Waals surface area contributed by atoms with Gasteiger partial charge in [0.15, 0.2) is 12.3 Å². The fourth-order valence-electron chi connectivity index (χ4n) is 3.73. The number of carbonyl (C=O) groups is 2. The van der Waals surface area contributed by atoms with Gasteiger partial charge < -0.3 is 10.1 Å². The van der Waals surface area contributed by atoms with E-state index in [1.165, 1.54) is 11.1 Å². The van der Waals surface area contributed by atoms with Crippen molar-refractivity contribution in [1.29, 1.82) is 0 Å². The highest BCUT2D eigenvalue weighted by Crippen LogP contribution is 2.23. The van der Waals surface area contributed by atoms with Crippen LogP contribution in [0.1, 0.15) is 56.4 Å². The first-order chi connectivity index (χ1) is 13.5. The average Bonchev–Trinajstić information content (AvgIpc) is 2.70. The number of benzene rings is 1. The number of aryl methyl sites for hydroxylation is 1. The highest BCUT2D eigenvalue weighted by Gasteiger charge is 2.24. The number of ether oxygens (including phenoxy) is 1. The molecule has 3 rings (SSSR count). The van der Waals surface area contributed by atoms with Crippen LogP contribution in [0.5, 0.6) is 0 Å². The molecule has 1 aromatic heterocycles. The largest absolute Gasteiger partial charge is 0.451 e. The van der Waals surface area contributed by atoms with Crippen LogP contribution in [0, 0.1) is 5.92 Å². The van der Waals surface area contributed by atoms with Gasteiger partial charge in [-0.25, -0.2) is 9.48 Å². The van der Waals surface area contributed by atoms with Gasteiger partial charge in [0.25, 0.3) is 11.5 Å². The van der Waals surface area contributed by atoms with Crippen molar-refractivity contribution in [2.45, 2.75) is 58.5 Å². The Morgan fingerprint density at radius 1 is 1.21 bits per heavy atom. The number of hydrogen-bond donors (Lipinski definition) is 1. The van der Waals surface area contributed by atoms with Crippen molar-refractivity contribution >= 4 is 22.6 Å². The monoisotopic (exact) mass is 385 g/mol. The molecule has 1 heterocycles. The van der Waals surface area contributed by atoms with Crippen LogP contribution >= 0.6 is 0 Å². The van der Waals surface area contributed by atoms with Crippen LogP contribution in [0.3, 0.4) is 0 Å².